The summed E-state index contributed by atoms with van der Waals surface area (Å²) < 4.78 is 1.96. The number of benzene rings is 1. The van der Waals surface area contributed by atoms with E-state index in [9.17, 15) is 9.59 Å². The fourth-order valence-corrected chi connectivity index (χ4v) is 3.79. The molecule has 1 aromatic heterocycles. The van der Waals surface area contributed by atoms with Crippen molar-refractivity contribution in [3.05, 3.63) is 30.1 Å². The summed E-state index contributed by atoms with van der Waals surface area (Å²) in [4.78, 5) is 31.8. The van der Waals surface area contributed by atoms with Crippen LogP contribution in [0.1, 0.15) is 51.8 Å². The zero-order valence-electron chi connectivity index (χ0n) is 16.4. The van der Waals surface area contributed by atoms with Crippen LogP contribution in [0.25, 0.3) is 11.0 Å². The van der Waals surface area contributed by atoms with Crippen molar-refractivity contribution in [1.82, 2.24) is 19.8 Å². The number of nitrogens with zero attached hydrogens (tertiary/aromatic N) is 3. The summed E-state index contributed by atoms with van der Waals surface area (Å²) >= 11 is 0. The van der Waals surface area contributed by atoms with Crippen molar-refractivity contribution in [3.63, 3.8) is 0 Å². The minimum Gasteiger partial charge on any atom is -0.349 e. The maximum atomic E-state index is 12.8. The molecule has 27 heavy (non-hydrogen) atoms. The standard InChI is InChI=1S/C21H30N4O2/c1-3-16(4-2)21(27)22-14-19-23-17-10-6-7-11-18(17)25(19)15-20(26)24-12-8-5-9-13-24/h6-7,10-11,16H,3-5,8-9,12-15H2,1-2H3,(H,22,27). The molecule has 0 saturated carbocycles. The first-order chi connectivity index (χ1) is 13.1. The molecule has 0 bridgehead atoms. The van der Waals surface area contributed by atoms with Gasteiger partial charge < -0.3 is 14.8 Å². The molecule has 2 heterocycles. The van der Waals surface area contributed by atoms with E-state index in [1.807, 2.05) is 47.6 Å². The van der Waals surface area contributed by atoms with E-state index in [1.54, 1.807) is 0 Å². The number of nitrogens with one attached hydrogen (secondary N) is 1. The van der Waals surface area contributed by atoms with E-state index in [2.05, 4.69) is 10.3 Å². The average molecular weight is 370 g/mol. The largest absolute Gasteiger partial charge is 0.349 e. The summed E-state index contributed by atoms with van der Waals surface area (Å²) in [6, 6.07) is 7.83. The predicted octanol–water partition coefficient (Wildman–Crippen LogP) is 3.10. The van der Waals surface area contributed by atoms with Crippen LogP contribution in [-0.2, 0) is 22.7 Å². The fourth-order valence-electron chi connectivity index (χ4n) is 3.79. The molecule has 2 amide bonds. The van der Waals surface area contributed by atoms with Gasteiger partial charge in [-0.1, -0.05) is 26.0 Å². The highest BCUT2D eigenvalue weighted by molar-refractivity contribution is 5.82. The highest BCUT2D eigenvalue weighted by atomic mass is 16.2. The van der Waals surface area contributed by atoms with Crippen LogP contribution in [0.2, 0.25) is 0 Å². The van der Waals surface area contributed by atoms with Gasteiger partial charge in [0, 0.05) is 19.0 Å². The second-order valence-corrected chi connectivity index (χ2v) is 7.28. The molecule has 146 valence electrons. The van der Waals surface area contributed by atoms with Crippen LogP contribution in [0, 0.1) is 5.92 Å². The molecule has 3 rings (SSSR count). The Bertz CT molecular complexity index is 789. The van der Waals surface area contributed by atoms with Gasteiger partial charge in [0.05, 0.1) is 17.6 Å². The third kappa shape index (κ3) is 4.49. The molecule has 6 nitrogen and oxygen atoms in total. The number of carbonyl (C=O) groups is 2. The second-order valence-electron chi connectivity index (χ2n) is 7.28. The molecular weight excluding hydrogens is 340 g/mol. The number of rotatable bonds is 7. The van der Waals surface area contributed by atoms with Crippen LogP contribution in [-0.4, -0.2) is 39.4 Å². The minimum absolute atomic E-state index is 0.0258. The topological polar surface area (TPSA) is 67.2 Å². The number of piperidine rings is 1. The van der Waals surface area contributed by atoms with Crippen molar-refractivity contribution in [2.24, 2.45) is 5.92 Å². The van der Waals surface area contributed by atoms with Crippen LogP contribution < -0.4 is 5.32 Å². The lowest BCUT2D eigenvalue weighted by atomic mass is 10.0. The molecule has 1 fully saturated rings. The van der Waals surface area contributed by atoms with Crippen molar-refractivity contribution < 1.29 is 9.59 Å². The van der Waals surface area contributed by atoms with Crippen LogP contribution in [0.4, 0.5) is 0 Å². The lowest BCUT2D eigenvalue weighted by Crippen LogP contribution is -2.38. The van der Waals surface area contributed by atoms with E-state index in [0.29, 0.717) is 6.54 Å². The van der Waals surface area contributed by atoms with E-state index in [-0.39, 0.29) is 24.3 Å². The number of fused-ring (bicyclic) bond motifs is 1. The number of hydrogen-bond donors (Lipinski definition) is 1. The average Bonchev–Trinajstić information content (AvgIpc) is 3.05. The highest BCUT2D eigenvalue weighted by Crippen LogP contribution is 2.18. The Morgan fingerprint density at radius 1 is 1.11 bits per heavy atom. The number of likely N-dealkylation sites (tertiary alicyclic amines) is 1. The van der Waals surface area contributed by atoms with Gasteiger partial charge in [-0.3, -0.25) is 9.59 Å². The number of para-hydroxylation sites is 2. The quantitative estimate of drug-likeness (QED) is 0.814. The Morgan fingerprint density at radius 3 is 2.52 bits per heavy atom. The third-order valence-corrected chi connectivity index (χ3v) is 5.51. The molecule has 1 saturated heterocycles. The van der Waals surface area contributed by atoms with Gasteiger partial charge in [0.2, 0.25) is 11.8 Å². The van der Waals surface area contributed by atoms with E-state index in [1.165, 1.54) is 6.42 Å². The smallest absolute Gasteiger partial charge is 0.242 e. The van der Waals surface area contributed by atoms with Crippen LogP contribution >= 0.6 is 0 Å². The number of amides is 2. The minimum atomic E-state index is 0.0258. The Balaban J connectivity index is 1.79. The van der Waals surface area contributed by atoms with Gasteiger partial charge in [0.1, 0.15) is 12.4 Å². The van der Waals surface area contributed by atoms with Gasteiger partial charge in [0.25, 0.3) is 0 Å². The predicted molar refractivity (Wildman–Crippen MR) is 106 cm³/mol. The maximum absolute atomic E-state index is 12.8. The Kier molecular flexibility index (Phi) is 6.48. The Morgan fingerprint density at radius 2 is 1.81 bits per heavy atom. The molecule has 1 aromatic carbocycles. The summed E-state index contributed by atoms with van der Waals surface area (Å²) in [5, 5.41) is 3.01. The number of imidazole rings is 1. The lowest BCUT2D eigenvalue weighted by molar-refractivity contribution is -0.132. The molecule has 6 heteroatoms. The summed E-state index contributed by atoms with van der Waals surface area (Å²) in [7, 11) is 0. The van der Waals surface area contributed by atoms with Gasteiger partial charge in [0.15, 0.2) is 0 Å². The second kappa shape index (κ2) is 9.02. The van der Waals surface area contributed by atoms with E-state index in [4.69, 9.17) is 0 Å². The van der Waals surface area contributed by atoms with Crippen molar-refractivity contribution in [2.45, 2.75) is 59.0 Å². The van der Waals surface area contributed by atoms with Crippen LogP contribution in [0.5, 0.6) is 0 Å². The van der Waals surface area contributed by atoms with Gasteiger partial charge in [-0.05, 0) is 44.2 Å². The number of hydrogen-bond acceptors (Lipinski definition) is 3. The monoisotopic (exact) mass is 370 g/mol. The van der Waals surface area contributed by atoms with E-state index >= 15 is 0 Å². The van der Waals surface area contributed by atoms with Crippen molar-refractivity contribution >= 4 is 22.8 Å². The molecule has 1 N–H and O–H groups in total. The summed E-state index contributed by atoms with van der Waals surface area (Å²) in [6.07, 6.45) is 5.01. The van der Waals surface area contributed by atoms with Gasteiger partial charge in [-0.15, -0.1) is 0 Å². The Labute approximate surface area is 160 Å². The van der Waals surface area contributed by atoms with Gasteiger partial charge >= 0.3 is 0 Å². The molecule has 0 atom stereocenters. The zero-order chi connectivity index (χ0) is 19.2. The van der Waals surface area contributed by atoms with Crippen LogP contribution in [0.3, 0.4) is 0 Å². The SMILES string of the molecule is CCC(CC)C(=O)NCc1nc2ccccc2n1CC(=O)N1CCCCC1. The third-order valence-electron chi connectivity index (χ3n) is 5.51. The van der Waals surface area contributed by atoms with Gasteiger partial charge in [-0.2, -0.15) is 0 Å². The Hall–Kier alpha value is -2.37. The first kappa shape index (κ1) is 19.4. The van der Waals surface area contributed by atoms with E-state index in [0.717, 1.165) is 55.6 Å². The number of aromatic nitrogens is 2. The van der Waals surface area contributed by atoms with Gasteiger partial charge in [-0.25, -0.2) is 4.98 Å². The number of carbonyl (C=O) groups excluding carboxylic acids is 2. The normalized spacial score (nSPS) is 14.7. The molecule has 0 unspecified atom stereocenters. The molecule has 2 aromatic rings. The molecule has 1 aliphatic rings. The highest BCUT2D eigenvalue weighted by Gasteiger charge is 2.21. The molecule has 0 aliphatic carbocycles. The van der Waals surface area contributed by atoms with Crippen molar-refractivity contribution in [1.29, 1.82) is 0 Å². The first-order valence-corrected chi connectivity index (χ1v) is 10.1. The van der Waals surface area contributed by atoms with Crippen molar-refractivity contribution in [3.8, 4) is 0 Å². The van der Waals surface area contributed by atoms with Crippen molar-refractivity contribution in [2.75, 3.05) is 13.1 Å². The summed E-state index contributed by atoms with van der Waals surface area (Å²) in [5.74, 6) is 0.949. The molecular formula is C21H30N4O2. The fraction of sp³-hybridized carbons (Fsp3) is 0.571. The molecule has 0 radical (unpaired) electrons. The summed E-state index contributed by atoms with van der Waals surface area (Å²) in [5.41, 5.74) is 1.80. The first-order valence-electron chi connectivity index (χ1n) is 10.1. The lowest BCUT2D eigenvalue weighted by Gasteiger charge is -2.27. The molecule has 0 spiro atoms. The molecule has 1 aliphatic heterocycles. The van der Waals surface area contributed by atoms with E-state index < -0.39 is 0 Å². The zero-order valence-corrected chi connectivity index (χ0v) is 16.4. The maximum Gasteiger partial charge on any atom is 0.242 e. The van der Waals surface area contributed by atoms with Crippen LogP contribution in [0.15, 0.2) is 24.3 Å². The summed E-state index contributed by atoms with van der Waals surface area (Å²) in [6.45, 7) is 6.35.